The van der Waals surface area contributed by atoms with E-state index in [1.54, 1.807) is 30.3 Å². The number of carbonyl (C=O) groups excluding carboxylic acids is 2. The lowest BCUT2D eigenvalue weighted by molar-refractivity contribution is -0.324. The van der Waals surface area contributed by atoms with E-state index in [9.17, 15) is 19.8 Å². The highest BCUT2D eigenvalue weighted by Crippen LogP contribution is 2.06. The number of rotatable bonds is 4. The lowest BCUT2D eigenvalue weighted by atomic mass is 10.2. The maximum atomic E-state index is 10.4. The summed E-state index contributed by atoms with van der Waals surface area (Å²) in [4.78, 5) is 20.7. The van der Waals surface area contributed by atoms with Gasteiger partial charge in [0.25, 0.3) is 0 Å². The molecule has 0 aliphatic rings. The second kappa shape index (κ2) is 4.27. The van der Waals surface area contributed by atoms with Gasteiger partial charge in [0.2, 0.25) is 0 Å². The maximum absolute atomic E-state index is 10.4. The molecule has 0 atom stereocenters. The molecular weight excluding hydrogens is 186 g/mol. The zero-order chi connectivity index (χ0) is 10.6. The van der Waals surface area contributed by atoms with Crippen LogP contribution in [0.2, 0.25) is 0 Å². The Kier molecular flexibility index (Phi) is 3.06. The number of carboxylic acids is 2. The fraction of sp³-hybridized carbons (Fsp3) is 0.111. The highest BCUT2D eigenvalue weighted by molar-refractivity contribution is 5.98. The number of nitrogens with one attached hydrogen (secondary N) is 1. The molecule has 5 heteroatoms. The number of para-hydroxylation sites is 1. The number of aliphatic carboxylic acids is 2. The molecule has 1 rings (SSSR count). The van der Waals surface area contributed by atoms with Crippen LogP contribution in [0.3, 0.4) is 0 Å². The number of anilines is 1. The second-order valence-electron chi connectivity index (χ2n) is 2.58. The molecule has 0 saturated heterocycles. The molecule has 1 aromatic carbocycles. The number of hydrogen-bond acceptors (Lipinski definition) is 5. The number of benzene rings is 1. The monoisotopic (exact) mass is 193 g/mol. The van der Waals surface area contributed by atoms with Gasteiger partial charge in [-0.3, -0.25) is 0 Å². The van der Waals surface area contributed by atoms with E-state index >= 15 is 0 Å². The van der Waals surface area contributed by atoms with Gasteiger partial charge in [-0.05, 0) is 12.1 Å². The van der Waals surface area contributed by atoms with E-state index in [2.05, 4.69) is 5.32 Å². The SMILES string of the molecule is O=C([O-])C(Nc1ccccc1)C(=O)[O-]. The number of carbonyl (C=O) groups is 2. The van der Waals surface area contributed by atoms with Crippen LogP contribution in [-0.2, 0) is 9.59 Å². The van der Waals surface area contributed by atoms with Crippen molar-refractivity contribution in [3.8, 4) is 0 Å². The van der Waals surface area contributed by atoms with Gasteiger partial charge in [0.1, 0.15) is 6.04 Å². The summed E-state index contributed by atoms with van der Waals surface area (Å²) in [7, 11) is 0. The predicted octanol–water partition coefficient (Wildman–Crippen LogP) is -2.03. The summed E-state index contributed by atoms with van der Waals surface area (Å²) < 4.78 is 0. The van der Waals surface area contributed by atoms with Gasteiger partial charge in [-0.25, -0.2) is 0 Å². The number of hydrogen-bond donors (Lipinski definition) is 1. The van der Waals surface area contributed by atoms with Gasteiger partial charge in [-0.1, -0.05) is 18.2 Å². The Morgan fingerprint density at radius 1 is 1.07 bits per heavy atom. The average Bonchev–Trinajstić information content (AvgIpc) is 2.15. The minimum atomic E-state index is -1.84. The van der Waals surface area contributed by atoms with Gasteiger partial charge < -0.3 is 25.1 Å². The van der Waals surface area contributed by atoms with E-state index in [-0.39, 0.29) is 0 Å². The third-order valence-electron chi connectivity index (χ3n) is 1.56. The van der Waals surface area contributed by atoms with E-state index in [1.165, 1.54) is 0 Å². The summed E-state index contributed by atoms with van der Waals surface area (Å²) in [5.74, 6) is -3.46. The van der Waals surface area contributed by atoms with Crippen molar-refractivity contribution in [1.82, 2.24) is 0 Å². The van der Waals surface area contributed by atoms with Crippen LogP contribution in [0.5, 0.6) is 0 Å². The summed E-state index contributed by atoms with van der Waals surface area (Å²) in [5.41, 5.74) is 0.380. The highest BCUT2D eigenvalue weighted by atomic mass is 16.4. The quantitative estimate of drug-likeness (QED) is 0.556. The van der Waals surface area contributed by atoms with Crippen molar-refractivity contribution in [2.45, 2.75) is 6.04 Å². The van der Waals surface area contributed by atoms with Crippen molar-refractivity contribution in [2.75, 3.05) is 5.32 Å². The van der Waals surface area contributed by atoms with Crippen molar-refractivity contribution in [3.05, 3.63) is 30.3 Å². The molecule has 0 fully saturated rings. The predicted molar refractivity (Wildman–Crippen MR) is 43.9 cm³/mol. The summed E-state index contributed by atoms with van der Waals surface area (Å²) in [6.45, 7) is 0. The molecule has 0 heterocycles. The standard InChI is InChI=1S/C9H9NO4/c11-8(12)7(9(13)14)10-6-4-2-1-3-5-6/h1-5,7,10H,(H,11,12)(H,13,14)/p-2. The molecule has 0 aromatic heterocycles. The first kappa shape index (κ1) is 10.0. The normalized spacial score (nSPS) is 9.79. The van der Waals surface area contributed by atoms with E-state index in [0.717, 1.165) is 0 Å². The Labute approximate surface area is 80.0 Å². The first-order valence-electron chi connectivity index (χ1n) is 3.84. The van der Waals surface area contributed by atoms with Crippen molar-refractivity contribution >= 4 is 17.6 Å². The molecule has 0 spiro atoms. The van der Waals surface area contributed by atoms with Gasteiger partial charge in [-0.15, -0.1) is 0 Å². The molecule has 0 aliphatic carbocycles. The Morgan fingerprint density at radius 3 is 2.00 bits per heavy atom. The summed E-state index contributed by atoms with van der Waals surface area (Å²) in [6.07, 6.45) is 0. The van der Waals surface area contributed by atoms with E-state index in [1.807, 2.05) is 0 Å². The molecule has 0 aliphatic heterocycles. The third-order valence-corrected chi connectivity index (χ3v) is 1.56. The lowest BCUT2D eigenvalue weighted by Gasteiger charge is -2.21. The van der Waals surface area contributed by atoms with Crippen LogP contribution in [0.15, 0.2) is 30.3 Å². The minimum Gasteiger partial charge on any atom is -0.547 e. The fourth-order valence-electron chi connectivity index (χ4n) is 0.915. The van der Waals surface area contributed by atoms with Crippen molar-refractivity contribution in [2.24, 2.45) is 0 Å². The Morgan fingerprint density at radius 2 is 1.57 bits per heavy atom. The van der Waals surface area contributed by atoms with Gasteiger partial charge in [0, 0.05) is 5.69 Å². The maximum Gasteiger partial charge on any atom is 0.106 e. The van der Waals surface area contributed by atoms with Gasteiger partial charge in [0.15, 0.2) is 0 Å². The Balaban J connectivity index is 2.75. The molecule has 74 valence electrons. The van der Waals surface area contributed by atoms with Crippen molar-refractivity contribution in [1.29, 1.82) is 0 Å². The van der Waals surface area contributed by atoms with Crippen molar-refractivity contribution < 1.29 is 19.8 Å². The Hall–Kier alpha value is -2.04. The molecule has 1 N–H and O–H groups in total. The van der Waals surface area contributed by atoms with E-state index in [4.69, 9.17) is 0 Å². The van der Waals surface area contributed by atoms with Gasteiger partial charge in [0.05, 0.1) is 11.9 Å². The molecule has 14 heavy (non-hydrogen) atoms. The summed E-state index contributed by atoms with van der Waals surface area (Å²) >= 11 is 0. The lowest BCUT2D eigenvalue weighted by Crippen LogP contribution is -2.52. The van der Waals surface area contributed by atoms with E-state index in [0.29, 0.717) is 5.69 Å². The molecule has 5 nitrogen and oxygen atoms in total. The van der Waals surface area contributed by atoms with Gasteiger partial charge in [-0.2, -0.15) is 0 Å². The first-order chi connectivity index (χ1) is 6.61. The minimum absolute atomic E-state index is 0.380. The van der Waals surface area contributed by atoms with Gasteiger partial charge >= 0.3 is 0 Å². The molecule has 0 amide bonds. The zero-order valence-electron chi connectivity index (χ0n) is 7.10. The molecule has 0 saturated carbocycles. The first-order valence-corrected chi connectivity index (χ1v) is 3.84. The Bertz CT molecular complexity index is 322. The van der Waals surface area contributed by atoms with Crippen LogP contribution in [0.1, 0.15) is 0 Å². The molecular formula is C9H7NO4-2. The van der Waals surface area contributed by atoms with E-state index < -0.39 is 18.0 Å². The largest absolute Gasteiger partial charge is 0.547 e. The van der Waals surface area contributed by atoms with Crippen LogP contribution < -0.4 is 15.5 Å². The van der Waals surface area contributed by atoms with Crippen LogP contribution in [0, 0.1) is 0 Å². The molecule has 0 unspecified atom stereocenters. The van der Waals surface area contributed by atoms with Crippen LogP contribution in [-0.4, -0.2) is 18.0 Å². The van der Waals surface area contributed by atoms with Crippen LogP contribution in [0.25, 0.3) is 0 Å². The highest BCUT2D eigenvalue weighted by Gasteiger charge is 2.09. The smallest absolute Gasteiger partial charge is 0.106 e. The summed E-state index contributed by atoms with van der Waals surface area (Å²) in [5, 5.41) is 23.0. The molecule has 0 radical (unpaired) electrons. The van der Waals surface area contributed by atoms with Crippen LogP contribution in [0.4, 0.5) is 5.69 Å². The van der Waals surface area contributed by atoms with Crippen molar-refractivity contribution in [3.63, 3.8) is 0 Å². The second-order valence-corrected chi connectivity index (χ2v) is 2.58. The average molecular weight is 193 g/mol. The third kappa shape index (κ3) is 2.48. The fourth-order valence-corrected chi connectivity index (χ4v) is 0.915. The molecule has 1 aromatic rings. The van der Waals surface area contributed by atoms with Crippen LogP contribution >= 0.6 is 0 Å². The number of carboxylic acid groups (broad SMARTS) is 2. The summed E-state index contributed by atoms with van der Waals surface area (Å²) in [6, 6.07) is 6.25. The zero-order valence-corrected chi connectivity index (χ0v) is 7.10. The topological polar surface area (TPSA) is 92.3 Å². The molecule has 0 bridgehead atoms.